The van der Waals surface area contributed by atoms with Gasteiger partial charge in [-0.2, -0.15) is 4.31 Å². The summed E-state index contributed by atoms with van der Waals surface area (Å²) in [6.45, 7) is 0.477. The zero-order valence-corrected chi connectivity index (χ0v) is 11.3. The van der Waals surface area contributed by atoms with Gasteiger partial charge in [-0.05, 0) is 17.7 Å². The monoisotopic (exact) mass is 288 g/mol. The van der Waals surface area contributed by atoms with Gasteiger partial charge in [0, 0.05) is 24.4 Å². The van der Waals surface area contributed by atoms with E-state index >= 15 is 0 Å². The number of thioether (sulfide) groups is 1. The SMILES string of the molecule is CS(=O)(=O)N1CCSC1c1ccc([N+](=O)[O-])cc1. The molecule has 1 atom stereocenters. The summed E-state index contributed by atoms with van der Waals surface area (Å²) >= 11 is 1.52. The molecule has 1 aliphatic heterocycles. The Labute approximate surface area is 109 Å². The minimum Gasteiger partial charge on any atom is -0.258 e. The molecule has 18 heavy (non-hydrogen) atoms. The van der Waals surface area contributed by atoms with Crippen LogP contribution in [-0.2, 0) is 10.0 Å². The van der Waals surface area contributed by atoms with Crippen molar-refractivity contribution in [1.29, 1.82) is 0 Å². The Morgan fingerprint density at radius 2 is 2.00 bits per heavy atom. The van der Waals surface area contributed by atoms with Crippen LogP contribution in [-0.4, -0.2) is 36.2 Å². The molecule has 0 radical (unpaired) electrons. The van der Waals surface area contributed by atoms with Crippen LogP contribution >= 0.6 is 11.8 Å². The zero-order chi connectivity index (χ0) is 13.3. The Bertz CT molecular complexity index is 556. The molecule has 0 aromatic heterocycles. The molecule has 1 heterocycles. The lowest BCUT2D eigenvalue weighted by Crippen LogP contribution is -2.29. The second-order valence-electron chi connectivity index (χ2n) is 3.95. The van der Waals surface area contributed by atoms with E-state index in [1.54, 1.807) is 12.1 Å². The molecule has 1 aromatic rings. The smallest absolute Gasteiger partial charge is 0.258 e. The van der Waals surface area contributed by atoms with Crippen LogP contribution in [0.2, 0.25) is 0 Å². The first-order valence-corrected chi connectivity index (χ1v) is 8.12. The van der Waals surface area contributed by atoms with Gasteiger partial charge in [-0.15, -0.1) is 11.8 Å². The van der Waals surface area contributed by atoms with Gasteiger partial charge in [0.25, 0.3) is 5.69 Å². The van der Waals surface area contributed by atoms with Crippen LogP contribution in [0.1, 0.15) is 10.9 Å². The Balaban J connectivity index is 2.28. The number of nitro groups is 1. The van der Waals surface area contributed by atoms with Crippen LogP contribution < -0.4 is 0 Å². The van der Waals surface area contributed by atoms with Crippen LogP contribution in [0.25, 0.3) is 0 Å². The summed E-state index contributed by atoms with van der Waals surface area (Å²) in [7, 11) is -3.25. The molecule has 0 aliphatic carbocycles. The number of sulfonamides is 1. The van der Waals surface area contributed by atoms with Gasteiger partial charge < -0.3 is 0 Å². The summed E-state index contributed by atoms with van der Waals surface area (Å²) in [5, 5.41) is 10.3. The number of non-ortho nitro benzene ring substituents is 1. The summed E-state index contributed by atoms with van der Waals surface area (Å²) < 4.78 is 24.6. The quantitative estimate of drug-likeness (QED) is 0.623. The Hall–Kier alpha value is -1.12. The van der Waals surface area contributed by atoms with Crippen molar-refractivity contribution in [2.75, 3.05) is 18.6 Å². The predicted octanol–water partition coefficient (Wildman–Crippen LogP) is 1.60. The molecule has 0 bridgehead atoms. The highest BCUT2D eigenvalue weighted by Gasteiger charge is 2.33. The lowest BCUT2D eigenvalue weighted by molar-refractivity contribution is -0.384. The van der Waals surface area contributed by atoms with Crippen molar-refractivity contribution in [3.8, 4) is 0 Å². The molecule has 0 N–H and O–H groups in total. The van der Waals surface area contributed by atoms with Gasteiger partial charge in [-0.1, -0.05) is 0 Å². The minimum absolute atomic E-state index is 0.00709. The van der Waals surface area contributed by atoms with Crippen molar-refractivity contribution in [3.63, 3.8) is 0 Å². The first-order valence-electron chi connectivity index (χ1n) is 5.22. The Morgan fingerprint density at radius 1 is 1.39 bits per heavy atom. The first kappa shape index (κ1) is 13.3. The number of benzene rings is 1. The molecular formula is C10H12N2O4S2. The minimum atomic E-state index is -3.25. The summed E-state index contributed by atoms with van der Waals surface area (Å²) in [4.78, 5) is 10.1. The van der Waals surface area contributed by atoms with Gasteiger partial charge in [-0.25, -0.2) is 8.42 Å². The lowest BCUT2D eigenvalue weighted by Gasteiger charge is -2.21. The van der Waals surface area contributed by atoms with E-state index < -0.39 is 14.9 Å². The standard InChI is InChI=1S/C10H12N2O4S2/c1-18(15,16)11-6-7-17-10(11)8-2-4-9(5-3-8)12(13)14/h2-5,10H,6-7H2,1H3. The maximum atomic E-state index is 11.6. The molecule has 0 spiro atoms. The van der Waals surface area contributed by atoms with Crippen LogP contribution in [0.5, 0.6) is 0 Å². The van der Waals surface area contributed by atoms with E-state index in [9.17, 15) is 18.5 Å². The Kier molecular flexibility index (Phi) is 3.60. The highest BCUT2D eigenvalue weighted by atomic mass is 32.2. The number of hydrogen-bond acceptors (Lipinski definition) is 5. The lowest BCUT2D eigenvalue weighted by atomic mass is 10.2. The summed E-state index contributed by atoms with van der Waals surface area (Å²) in [5.74, 6) is 0.731. The van der Waals surface area contributed by atoms with Crippen molar-refractivity contribution in [2.24, 2.45) is 0 Å². The third-order valence-corrected chi connectivity index (χ3v) is 5.30. The fourth-order valence-electron chi connectivity index (χ4n) is 1.82. The van der Waals surface area contributed by atoms with E-state index in [2.05, 4.69) is 0 Å². The third-order valence-electron chi connectivity index (χ3n) is 2.66. The fraction of sp³-hybridized carbons (Fsp3) is 0.400. The number of nitrogens with zero attached hydrogens (tertiary/aromatic N) is 2. The van der Waals surface area contributed by atoms with Crippen LogP contribution in [0.15, 0.2) is 24.3 Å². The molecule has 2 rings (SSSR count). The largest absolute Gasteiger partial charge is 0.269 e. The van der Waals surface area contributed by atoms with E-state index in [1.807, 2.05) is 0 Å². The third kappa shape index (κ3) is 2.65. The molecule has 98 valence electrons. The molecule has 1 fully saturated rings. The maximum absolute atomic E-state index is 11.6. The molecule has 8 heteroatoms. The van der Waals surface area contributed by atoms with Gasteiger partial charge in [0.05, 0.1) is 16.6 Å². The van der Waals surface area contributed by atoms with E-state index in [0.717, 1.165) is 11.3 Å². The van der Waals surface area contributed by atoms with E-state index in [1.165, 1.54) is 34.5 Å². The molecule has 1 aliphatic rings. The molecule has 6 nitrogen and oxygen atoms in total. The predicted molar refractivity (Wildman–Crippen MR) is 69.8 cm³/mol. The van der Waals surface area contributed by atoms with E-state index in [4.69, 9.17) is 0 Å². The Morgan fingerprint density at radius 3 is 2.50 bits per heavy atom. The normalized spacial score (nSPS) is 21.1. The van der Waals surface area contributed by atoms with Gasteiger partial charge >= 0.3 is 0 Å². The van der Waals surface area contributed by atoms with Gasteiger partial charge in [0.1, 0.15) is 0 Å². The fourth-order valence-corrected chi connectivity index (χ4v) is 4.62. The molecule has 1 aromatic carbocycles. The van der Waals surface area contributed by atoms with Crippen molar-refractivity contribution in [1.82, 2.24) is 4.31 Å². The zero-order valence-electron chi connectivity index (χ0n) is 9.64. The molecule has 0 amide bonds. The van der Waals surface area contributed by atoms with E-state index in [-0.39, 0.29) is 11.1 Å². The number of nitro benzene ring substituents is 1. The highest BCUT2D eigenvalue weighted by Crippen LogP contribution is 2.39. The van der Waals surface area contributed by atoms with Crippen molar-refractivity contribution in [2.45, 2.75) is 5.37 Å². The van der Waals surface area contributed by atoms with Crippen LogP contribution in [0.3, 0.4) is 0 Å². The van der Waals surface area contributed by atoms with Crippen molar-refractivity contribution >= 4 is 27.5 Å². The van der Waals surface area contributed by atoms with Gasteiger partial charge in [0.2, 0.25) is 10.0 Å². The average Bonchev–Trinajstić information content (AvgIpc) is 2.77. The van der Waals surface area contributed by atoms with Gasteiger partial charge in [-0.3, -0.25) is 10.1 Å². The molecule has 0 saturated carbocycles. The second-order valence-corrected chi connectivity index (χ2v) is 7.07. The number of hydrogen-bond donors (Lipinski definition) is 0. The molecule has 1 unspecified atom stereocenters. The molecule has 1 saturated heterocycles. The summed E-state index contributed by atoms with van der Waals surface area (Å²) in [6, 6.07) is 6.02. The van der Waals surface area contributed by atoms with E-state index in [0.29, 0.717) is 6.54 Å². The first-order chi connectivity index (χ1) is 8.39. The van der Waals surface area contributed by atoms with Crippen LogP contribution in [0.4, 0.5) is 5.69 Å². The average molecular weight is 288 g/mol. The number of rotatable bonds is 3. The second kappa shape index (κ2) is 4.87. The van der Waals surface area contributed by atoms with Gasteiger partial charge in [0.15, 0.2) is 0 Å². The topological polar surface area (TPSA) is 80.5 Å². The highest BCUT2D eigenvalue weighted by molar-refractivity contribution is 8.00. The maximum Gasteiger partial charge on any atom is 0.269 e. The molecular weight excluding hydrogens is 276 g/mol. The summed E-state index contributed by atoms with van der Waals surface area (Å²) in [6.07, 6.45) is 1.18. The van der Waals surface area contributed by atoms with Crippen molar-refractivity contribution < 1.29 is 13.3 Å². The summed E-state index contributed by atoms with van der Waals surface area (Å²) in [5.41, 5.74) is 0.779. The van der Waals surface area contributed by atoms with Crippen molar-refractivity contribution in [3.05, 3.63) is 39.9 Å². The van der Waals surface area contributed by atoms with Crippen LogP contribution in [0, 0.1) is 10.1 Å².